The van der Waals surface area contributed by atoms with E-state index in [0.717, 1.165) is 26.2 Å². The van der Waals surface area contributed by atoms with Crippen LogP contribution in [0.2, 0.25) is 0 Å². The highest BCUT2D eigenvalue weighted by Crippen LogP contribution is 2.15. The van der Waals surface area contributed by atoms with Crippen molar-refractivity contribution >= 4 is 12.4 Å². The largest absolute Gasteiger partial charge is 0.312 e. The first kappa shape index (κ1) is 14.5. The molecule has 0 bridgehead atoms. The minimum absolute atomic E-state index is 0. The molecule has 1 aliphatic heterocycles. The summed E-state index contributed by atoms with van der Waals surface area (Å²) in [5.41, 5.74) is 4.34. The Morgan fingerprint density at radius 3 is 2.82 bits per heavy atom. The summed E-state index contributed by atoms with van der Waals surface area (Å²) in [5.74, 6) is 0. The van der Waals surface area contributed by atoms with Crippen LogP contribution in [0.4, 0.5) is 0 Å². The molecule has 2 rings (SSSR count). The molecule has 0 aliphatic carbocycles. The zero-order valence-corrected chi connectivity index (χ0v) is 11.8. The Morgan fingerprint density at radius 2 is 2.12 bits per heavy atom. The Balaban J connectivity index is 0.00000144. The van der Waals surface area contributed by atoms with Crippen LogP contribution < -0.4 is 5.32 Å². The Labute approximate surface area is 111 Å². The molecule has 0 spiro atoms. The van der Waals surface area contributed by atoms with E-state index in [9.17, 15) is 0 Å². The smallest absolute Gasteiger partial charge is 0.0237 e. The summed E-state index contributed by atoms with van der Waals surface area (Å²) in [7, 11) is 0. The van der Waals surface area contributed by atoms with Gasteiger partial charge < -0.3 is 5.32 Å². The minimum atomic E-state index is 0. The van der Waals surface area contributed by atoms with Crippen molar-refractivity contribution < 1.29 is 0 Å². The molecule has 1 fully saturated rings. The van der Waals surface area contributed by atoms with Gasteiger partial charge in [-0.05, 0) is 37.5 Å². The van der Waals surface area contributed by atoms with Crippen LogP contribution in [-0.2, 0) is 6.54 Å². The SMILES string of the molecule is Cc1cccc(CN2CCN[C@H](C)C2)c1C.Cl. The number of piperazine rings is 1. The van der Waals surface area contributed by atoms with Crippen molar-refractivity contribution in [1.82, 2.24) is 10.2 Å². The maximum absolute atomic E-state index is 3.48. The van der Waals surface area contributed by atoms with Gasteiger partial charge in [-0.15, -0.1) is 12.4 Å². The number of hydrogen-bond donors (Lipinski definition) is 1. The zero-order valence-electron chi connectivity index (χ0n) is 11.0. The number of nitrogens with one attached hydrogen (secondary N) is 1. The van der Waals surface area contributed by atoms with Crippen LogP contribution in [0.5, 0.6) is 0 Å². The van der Waals surface area contributed by atoms with Crippen molar-refractivity contribution in [2.45, 2.75) is 33.4 Å². The second-order valence-electron chi connectivity index (χ2n) is 4.95. The van der Waals surface area contributed by atoms with E-state index in [0.29, 0.717) is 6.04 Å². The lowest BCUT2D eigenvalue weighted by molar-refractivity contribution is 0.199. The van der Waals surface area contributed by atoms with Crippen molar-refractivity contribution in [3.8, 4) is 0 Å². The predicted octanol–water partition coefficient (Wildman–Crippen LogP) is 2.52. The number of benzene rings is 1. The molecule has 0 amide bonds. The summed E-state index contributed by atoms with van der Waals surface area (Å²) in [5, 5.41) is 3.48. The van der Waals surface area contributed by atoms with Crippen molar-refractivity contribution in [2.75, 3.05) is 19.6 Å². The van der Waals surface area contributed by atoms with Gasteiger partial charge in [-0.3, -0.25) is 4.90 Å². The Kier molecular flexibility index (Phi) is 5.44. The van der Waals surface area contributed by atoms with Gasteiger partial charge in [0.25, 0.3) is 0 Å². The lowest BCUT2D eigenvalue weighted by Gasteiger charge is -2.32. The summed E-state index contributed by atoms with van der Waals surface area (Å²) >= 11 is 0. The van der Waals surface area contributed by atoms with E-state index in [2.05, 4.69) is 49.2 Å². The standard InChI is InChI=1S/C14H22N2.ClH/c1-11-5-4-6-14(13(11)3)10-16-8-7-15-12(2)9-16;/h4-6,12,15H,7-10H2,1-3H3;1H/t12-;/m1./s1. The fourth-order valence-corrected chi connectivity index (χ4v) is 2.38. The molecule has 3 heteroatoms. The van der Waals surface area contributed by atoms with Gasteiger partial charge in [0.05, 0.1) is 0 Å². The highest BCUT2D eigenvalue weighted by molar-refractivity contribution is 5.85. The molecule has 17 heavy (non-hydrogen) atoms. The summed E-state index contributed by atoms with van der Waals surface area (Å²) < 4.78 is 0. The van der Waals surface area contributed by atoms with Crippen LogP contribution in [0.1, 0.15) is 23.6 Å². The Hall–Kier alpha value is -0.570. The molecule has 1 aromatic carbocycles. The van der Waals surface area contributed by atoms with Gasteiger partial charge in [-0.2, -0.15) is 0 Å². The van der Waals surface area contributed by atoms with E-state index in [1.54, 1.807) is 0 Å². The zero-order chi connectivity index (χ0) is 11.5. The van der Waals surface area contributed by atoms with Gasteiger partial charge >= 0.3 is 0 Å². The molecule has 1 saturated heterocycles. The molecule has 0 aromatic heterocycles. The maximum Gasteiger partial charge on any atom is 0.0237 e. The van der Waals surface area contributed by atoms with E-state index < -0.39 is 0 Å². The lowest BCUT2D eigenvalue weighted by Crippen LogP contribution is -2.48. The van der Waals surface area contributed by atoms with E-state index in [-0.39, 0.29) is 12.4 Å². The highest BCUT2D eigenvalue weighted by atomic mass is 35.5. The van der Waals surface area contributed by atoms with Crippen LogP contribution in [0.15, 0.2) is 18.2 Å². The monoisotopic (exact) mass is 254 g/mol. The maximum atomic E-state index is 3.48. The number of nitrogens with zero attached hydrogens (tertiary/aromatic N) is 1. The van der Waals surface area contributed by atoms with Crippen LogP contribution in [0.3, 0.4) is 0 Å². The molecule has 0 radical (unpaired) electrons. The molecule has 96 valence electrons. The second-order valence-corrected chi connectivity index (χ2v) is 4.95. The Morgan fingerprint density at radius 1 is 1.35 bits per heavy atom. The first-order valence-corrected chi connectivity index (χ1v) is 6.17. The molecule has 1 atom stereocenters. The number of hydrogen-bond acceptors (Lipinski definition) is 2. The molecule has 1 aromatic rings. The Bertz CT molecular complexity index is 365. The van der Waals surface area contributed by atoms with E-state index in [1.807, 2.05) is 0 Å². The quantitative estimate of drug-likeness (QED) is 0.873. The van der Waals surface area contributed by atoms with Gasteiger partial charge in [0.2, 0.25) is 0 Å². The molecule has 0 saturated carbocycles. The third kappa shape index (κ3) is 3.70. The third-order valence-electron chi connectivity index (χ3n) is 3.56. The normalized spacial score (nSPS) is 21.0. The van der Waals surface area contributed by atoms with Crippen molar-refractivity contribution in [2.24, 2.45) is 0 Å². The number of aryl methyl sites for hydroxylation is 1. The number of halogens is 1. The van der Waals surface area contributed by atoms with Crippen LogP contribution in [0.25, 0.3) is 0 Å². The molecule has 1 heterocycles. The topological polar surface area (TPSA) is 15.3 Å². The fourth-order valence-electron chi connectivity index (χ4n) is 2.38. The average Bonchev–Trinajstić information content (AvgIpc) is 2.25. The van der Waals surface area contributed by atoms with Crippen LogP contribution in [-0.4, -0.2) is 30.6 Å². The fraction of sp³-hybridized carbons (Fsp3) is 0.571. The van der Waals surface area contributed by atoms with E-state index in [1.165, 1.54) is 16.7 Å². The van der Waals surface area contributed by atoms with Gasteiger partial charge in [0, 0.05) is 32.2 Å². The lowest BCUT2D eigenvalue weighted by atomic mass is 10.0. The first-order chi connectivity index (χ1) is 7.66. The second kappa shape index (κ2) is 6.39. The summed E-state index contributed by atoms with van der Waals surface area (Å²) in [6, 6.07) is 7.25. The van der Waals surface area contributed by atoms with Gasteiger partial charge in [0.15, 0.2) is 0 Å². The van der Waals surface area contributed by atoms with Crippen molar-refractivity contribution in [3.63, 3.8) is 0 Å². The van der Waals surface area contributed by atoms with Crippen LogP contribution in [0, 0.1) is 13.8 Å². The van der Waals surface area contributed by atoms with Crippen molar-refractivity contribution in [3.05, 3.63) is 34.9 Å². The molecular weight excluding hydrogens is 232 g/mol. The van der Waals surface area contributed by atoms with Gasteiger partial charge in [-0.1, -0.05) is 18.2 Å². The van der Waals surface area contributed by atoms with Gasteiger partial charge in [0.1, 0.15) is 0 Å². The highest BCUT2D eigenvalue weighted by Gasteiger charge is 2.16. The summed E-state index contributed by atoms with van der Waals surface area (Å²) in [6.45, 7) is 11.2. The summed E-state index contributed by atoms with van der Waals surface area (Å²) in [4.78, 5) is 2.54. The number of rotatable bonds is 2. The minimum Gasteiger partial charge on any atom is -0.312 e. The first-order valence-electron chi connectivity index (χ1n) is 6.17. The molecule has 1 N–H and O–H groups in total. The average molecular weight is 255 g/mol. The molecule has 1 aliphatic rings. The predicted molar refractivity (Wildman–Crippen MR) is 75.9 cm³/mol. The molecular formula is C14H23ClN2. The molecule has 0 unspecified atom stereocenters. The van der Waals surface area contributed by atoms with Crippen molar-refractivity contribution in [1.29, 1.82) is 0 Å². The third-order valence-corrected chi connectivity index (χ3v) is 3.56. The molecule has 2 nitrogen and oxygen atoms in total. The van der Waals surface area contributed by atoms with Crippen LogP contribution >= 0.6 is 12.4 Å². The summed E-state index contributed by atoms with van der Waals surface area (Å²) in [6.07, 6.45) is 0. The van der Waals surface area contributed by atoms with E-state index >= 15 is 0 Å². The van der Waals surface area contributed by atoms with E-state index in [4.69, 9.17) is 0 Å². The van der Waals surface area contributed by atoms with Gasteiger partial charge in [-0.25, -0.2) is 0 Å².